The molecule has 10 nitrogen and oxygen atoms in total. The Hall–Kier alpha value is -4.02. The third-order valence-electron chi connectivity index (χ3n) is 6.99. The number of amides is 2. The van der Waals surface area contributed by atoms with E-state index in [1.54, 1.807) is 0 Å². The lowest BCUT2D eigenvalue weighted by atomic mass is 9.93. The van der Waals surface area contributed by atoms with Crippen LogP contribution in [0, 0.1) is 11.8 Å². The largest absolute Gasteiger partial charge is 0.463 e. The Labute approximate surface area is 252 Å². The molecule has 0 saturated heterocycles. The molecule has 1 aliphatic heterocycles. The number of benzene rings is 2. The standard InChI is InChI=1S/C33H42N2O8/c36-18-20-41-19-17-34-30(37)22-27-15-9-1-2-10-16-28(21-25-11-5-3-6-12-25)32(39)43-24-29(35-31(27)38)33(40)42-23-26-13-7-4-8-14-26/h1,3-9,11-14,27-29,36H,2,10,15-24H2,(H,34,37)(H,35,38)/t27-,28-,29-/m1/s1. The summed E-state index contributed by atoms with van der Waals surface area (Å²) < 4.78 is 16.3. The van der Waals surface area contributed by atoms with E-state index in [-0.39, 0.29) is 51.9 Å². The molecule has 1 aliphatic rings. The Morgan fingerprint density at radius 1 is 0.953 bits per heavy atom. The van der Waals surface area contributed by atoms with Gasteiger partial charge in [0.2, 0.25) is 11.8 Å². The molecule has 1 heterocycles. The van der Waals surface area contributed by atoms with Crippen molar-refractivity contribution in [2.45, 2.75) is 51.2 Å². The van der Waals surface area contributed by atoms with E-state index in [1.165, 1.54) is 0 Å². The molecule has 0 spiro atoms. The Bertz CT molecular complexity index is 1170. The molecule has 2 amide bonds. The summed E-state index contributed by atoms with van der Waals surface area (Å²) in [7, 11) is 0. The number of nitrogens with one attached hydrogen (secondary N) is 2. The van der Waals surface area contributed by atoms with E-state index in [0.717, 1.165) is 17.5 Å². The second-order valence-corrected chi connectivity index (χ2v) is 10.4. The fraction of sp³-hybridized carbons (Fsp3) is 0.455. The van der Waals surface area contributed by atoms with Gasteiger partial charge in [-0.25, -0.2) is 4.79 Å². The van der Waals surface area contributed by atoms with E-state index in [0.29, 0.717) is 25.7 Å². The van der Waals surface area contributed by atoms with Crippen LogP contribution in [0.4, 0.5) is 0 Å². The second-order valence-electron chi connectivity index (χ2n) is 10.4. The maximum atomic E-state index is 13.4. The number of rotatable bonds is 12. The first-order valence-electron chi connectivity index (χ1n) is 14.8. The predicted octanol–water partition coefficient (Wildman–Crippen LogP) is 2.88. The number of carbonyl (C=O) groups is 4. The van der Waals surface area contributed by atoms with Crippen molar-refractivity contribution in [2.75, 3.05) is 33.0 Å². The summed E-state index contributed by atoms with van der Waals surface area (Å²) in [6.45, 7) is 0.127. The molecule has 0 bridgehead atoms. The average molecular weight is 595 g/mol. The summed E-state index contributed by atoms with van der Waals surface area (Å²) in [6, 6.07) is 17.5. The molecule has 0 aliphatic carbocycles. The van der Waals surface area contributed by atoms with Crippen molar-refractivity contribution in [2.24, 2.45) is 11.8 Å². The van der Waals surface area contributed by atoms with Gasteiger partial charge >= 0.3 is 11.9 Å². The third kappa shape index (κ3) is 12.8. The lowest BCUT2D eigenvalue weighted by Crippen LogP contribution is -2.48. The maximum absolute atomic E-state index is 13.4. The van der Waals surface area contributed by atoms with Gasteiger partial charge in [-0.05, 0) is 43.2 Å². The first kappa shape index (κ1) is 33.5. The van der Waals surface area contributed by atoms with E-state index >= 15 is 0 Å². The van der Waals surface area contributed by atoms with Crippen LogP contribution in [0.25, 0.3) is 0 Å². The number of hydrogen-bond acceptors (Lipinski definition) is 8. The number of allylic oxidation sites excluding steroid dienone is 2. The summed E-state index contributed by atoms with van der Waals surface area (Å²) in [6.07, 6.45) is 6.52. The number of cyclic esters (lactones) is 1. The Morgan fingerprint density at radius 3 is 2.40 bits per heavy atom. The number of carbonyl (C=O) groups excluding carboxylic acids is 4. The fourth-order valence-corrected chi connectivity index (χ4v) is 4.64. The van der Waals surface area contributed by atoms with Gasteiger partial charge in [-0.1, -0.05) is 72.8 Å². The van der Waals surface area contributed by atoms with E-state index < -0.39 is 35.7 Å². The van der Waals surface area contributed by atoms with E-state index in [4.69, 9.17) is 19.3 Å². The minimum atomic E-state index is -1.25. The van der Waals surface area contributed by atoms with E-state index in [9.17, 15) is 19.2 Å². The highest BCUT2D eigenvalue weighted by molar-refractivity contribution is 5.89. The van der Waals surface area contributed by atoms with E-state index in [2.05, 4.69) is 10.6 Å². The number of ether oxygens (including phenoxy) is 3. The summed E-state index contributed by atoms with van der Waals surface area (Å²) in [5, 5.41) is 14.2. The minimum absolute atomic E-state index is 0.0104. The van der Waals surface area contributed by atoms with Crippen LogP contribution in [0.2, 0.25) is 0 Å². The number of hydrogen-bond donors (Lipinski definition) is 3. The molecule has 232 valence electrons. The van der Waals surface area contributed by atoms with Crippen LogP contribution in [0.1, 0.15) is 43.2 Å². The fourth-order valence-electron chi connectivity index (χ4n) is 4.64. The van der Waals surface area contributed by atoms with Crippen LogP contribution in [-0.4, -0.2) is 67.9 Å². The van der Waals surface area contributed by atoms with Crippen molar-refractivity contribution in [3.8, 4) is 0 Å². The SMILES string of the molecule is O=C(C[C@H]1CC=CCCC[C@H](Cc2ccccc2)C(=O)OC[C@H](C(=O)OCc2ccccc2)NC1=O)NCCOCCO. The third-order valence-corrected chi connectivity index (χ3v) is 6.99. The van der Waals surface area contributed by atoms with Crippen molar-refractivity contribution in [1.29, 1.82) is 0 Å². The Balaban J connectivity index is 1.72. The second kappa shape index (κ2) is 19.2. The monoisotopic (exact) mass is 594 g/mol. The number of aliphatic hydroxyl groups excluding tert-OH is 1. The molecular formula is C33H42N2O8. The molecule has 0 saturated carbocycles. The zero-order valence-electron chi connectivity index (χ0n) is 24.5. The number of aliphatic hydroxyl groups is 1. The zero-order chi connectivity index (χ0) is 30.7. The normalized spacial score (nSPS) is 19.9. The molecule has 2 aromatic rings. The summed E-state index contributed by atoms with van der Waals surface area (Å²) in [4.78, 5) is 52.3. The van der Waals surface area contributed by atoms with Crippen molar-refractivity contribution in [3.05, 3.63) is 83.9 Å². The van der Waals surface area contributed by atoms with Gasteiger partial charge in [0, 0.05) is 13.0 Å². The smallest absolute Gasteiger partial charge is 0.332 e. The molecule has 43 heavy (non-hydrogen) atoms. The van der Waals surface area contributed by atoms with Gasteiger partial charge in [-0.2, -0.15) is 0 Å². The predicted molar refractivity (Wildman–Crippen MR) is 159 cm³/mol. The lowest BCUT2D eigenvalue weighted by Gasteiger charge is -2.23. The van der Waals surface area contributed by atoms with Crippen LogP contribution in [-0.2, 0) is 46.4 Å². The highest BCUT2D eigenvalue weighted by Crippen LogP contribution is 2.19. The molecular weight excluding hydrogens is 552 g/mol. The quantitative estimate of drug-likeness (QED) is 0.194. The summed E-state index contributed by atoms with van der Waals surface area (Å²) in [5.41, 5.74) is 1.78. The molecule has 0 radical (unpaired) electrons. The molecule has 3 rings (SSSR count). The summed E-state index contributed by atoms with van der Waals surface area (Å²) >= 11 is 0. The highest BCUT2D eigenvalue weighted by atomic mass is 16.6. The molecule has 10 heteroatoms. The van der Waals surface area contributed by atoms with Crippen LogP contribution < -0.4 is 10.6 Å². The van der Waals surface area contributed by atoms with Crippen LogP contribution in [0.3, 0.4) is 0 Å². The van der Waals surface area contributed by atoms with Crippen LogP contribution >= 0.6 is 0 Å². The first-order valence-corrected chi connectivity index (χ1v) is 14.8. The minimum Gasteiger partial charge on any atom is -0.463 e. The van der Waals surface area contributed by atoms with Gasteiger partial charge in [0.15, 0.2) is 6.04 Å². The van der Waals surface area contributed by atoms with Crippen LogP contribution in [0.15, 0.2) is 72.8 Å². The number of esters is 2. The highest BCUT2D eigenvalue weighted by Gasteiger charge is 2.30. The molecule has 0 fully saturated rings. The van der Waals surface area contributed by atoms with Crippen molar-refractivity contribution >= 4 is 23.8 Å². The van der Waals surface area contributed by atoms with Gasteiger partial charge in [-0.15, -0.1) is 0 Å². The Kier molecular flexibility index (Phi) is 15.0. The topological polar surface area (TPSA) is 140 Å². The lowest BCUT2D eigenvalue weighted by molar-refractivity contribution is -0.157. The Morgan fingerprint density at radius 2 is 1.67 bits per heavy atom. The molecule has 0 aromatic heterocycles. The summed E-state index contributed by atoms with van der Waals surface area (Å²) in [5.74, 6) is -3.22. The van der Waals surface area contributed by atoms with Gasteiger partial charge in [0.05, 0.1) is 31.7 Å². The molecule has 3 atom stereocenters. The van der Waals surface area contributed by atoms with Crippen molar-refractivity contribution < 1.29 is 38.5 Å². The maximum Gasteiger partial charge on any atom is 0.332 e. The molecule has 3 N–H and O–H groups in total. The van der Waals surface area contributed by atoms with Crippen molar-refractivity contribution in [3.63, 3.8) is 0 Å². The van der Waals surface area contributed by atoms with Crippen molar-refractivity contribution in [1.82, 2.24) is 10.6 Å². The molecule has 2 aromatic carbocycles. The molecule has 0 unspecified atom stereocenters. The van der Waals surface area contributed by atoms with E-state index in [1.807, 2.05) is 72.8 Å². The van der Waals surface area contributed by atoms with Gasteiger partial charge in [0.1, 0.15) is 13.2 Å². The zero-order valence-corrected chi connectivity index (χ0v) is 24.5. The van der Waals surface area contributed by atoms with Gasteiger partial charge in [-0.3, -0.25) is 14.4 Å². The average Bonchev–Trinajstić information content (AvgIpc) is 3.02. The van der Waals surface area contributed by atoms with Gasteiger partial charge in [0.25, 0.3) is 0 Å². The van der Waals surface area contributed by atoms with Crippen LogP contribution in [0.5, 0.6) is 0 Å². The first-order chi connectivity index (χ1) is 21.0. The van der Waals surface area contributed by atoms with Gasteiger partial charge < -0.3 is 30.0 Å².